The van der Waals surface area contributed by atoms with Crippen LogP contribution >= 0.6 is 38.6 Å². The lowest BCUT2D eigenvalue weighted by molar-refractivity contribution is 0.552. The summed E-state index contributed by atoms with van der Waals surface area (Å²) in [4.78, 5) is 5.94. The third-order valence-corrected chi connectivity index (χ3v) is 6.06. The second-order valence-electron chi connectivity index (χ2n) is 4.58. The molecule has 1 N–H and O–H groups in total. The first-order valence-corrected chi connectivity index (χ1v) is 9.11. The van der Waals surface area contributed by atoms with Gasteiger partial charge in [0.25, 0.3) is 0 Å². The molecule has 5 heteroatoms. The maximum absolute atomic E-state index is 4.56. The zero-order valence-corrected chi connectivity index (χ0v) is 14.3. The van der Waals surface area contributed by atoms with E-state index in [-0.39, 0.29) is 0 Å². The maximum Gasteiger partial charge on any atom is 0.0809 e. The Morgan fingerprint density at radius 2 is 2.15 bits per heavy atom. The molecule has 0 aromatic carbocycles. The Labute approximate surface area is 135 Å². The van der Waals surface area contributed by atoms with E-state index in [0.29, 0.717) is 6.04 Å². The molecule has 20 heavy (non-hydrogen) atoms. The van der Waals surface area contributed by atoms with Gasteiger partial charge in [-0.15, -0.1) is 22.7 Å². The van der Waals surface area contributed by atoms with Gasteiger partial charge in [-0.3, -0.25) is 4.98 Å². The van der Waals surface area contributed by atoms with Crippen LogP contribution in [0.4, 0.5) is 0 Å². The molecule has 3 aromatic heterocycles. The van der Waals surface area contributed by atoms with Crippen molar-refractivity contribution < 1.29 is 0 Å². The first kappa shape index (κ1) is 14.2. The summed E-state index contributed by atoms with van der Waals surface area (Å²) in [5.74, 6) is 0. The summed E-state index contributed by atoms with van der Waals surface area (Å²) in [7, 11) is 0. The van der Waals surface area contributed by atoms with Crippen molar-refractivity contribution in [2.45, 2.75) is 19.4 Å². The molecule has 3 aromatic rings. The minimum absolute atomic E-state index is 0.314. The van der Waals surface area contributed by atoms with Crippen LogP contribution in [0.15, 0.2) is 39.6 Å². The predicted octanol–water partition coefficient (Wildman–Crippen LogP) is 5.01. The van der Waals surface area contributed by atoms with Crippen LogP contribution in [0.1, 0.15) is 23.4 Å². The highest BCUT2D eigenvalue weighted by atomic mass is 79.9. The number of nitrogens with one attached hydrogen (secondary N) is 1. The van der Waals surface area contributed by atoms with Gasteiger partial charge in [-0.2, -0.15) is 0 Å². The fourth-order valence-corrected chi connectivity index (χ4v) is 4.61. The number of halogens is 1. The number of nitrogens with zero attached hydrogens (tertiary/aromatic N) is 1. The molecule has 3 rings (SSSR count). The number of thiophene rings is 2. The zero-order valence-electron chi connectivity index (χ0n) is 11.1. The van der Waals surface area contributed by atoms with Gasteiger partial charge in [0.15, 0.2) is 0 Å². The minimum atomic E-state index is 0.314. The van der Waals surface area contributed by atoms with E-state index >= 15 is 0 Å². The van der Waals surface area contributed by atoms with Gasteiger partial charge in [0, 0.05) is 28.0 Å². The lowest BCUT2D eigenvalue weighted by atomic mass is 10.0. The van der Waals surface area contributed by atoms with Gasteiger partial charge in [-0.05, 0) is 57.0 Å². The fraction of sp³-hybridized carbons (Fsp3) is 0.267. The molecule has 1 atom stereocenters. The molecular weight excluding hydrogens is 352 g/mol. The van der Waals surface area contributed by atoms with Gasteiger partial charge < -0.3 is 5.32 Å². The van der Waals surface area contributed by atoms with Gasteiger partial charge in [0.1, 0.15) is 0 Å². The van der Waals surface area contributed by atoms with Gasteiger partial charge in [0.05, 0.1) is 10.2 Å². The topological polar surface area (TPSA) is 24.9 Å². The summed E-state index contributed by atoms with van der Waals surface area (Å²) in [6.07, 6.45) is 2.99. The zero-order chi connectivity index (χ0) is 13.9. The third kappa shape index (κ3) is 2.96. The Morgan fingerprint density at radius 3 is 2.90 bits per heavy atom. The molecule has 3 heterocycles. The van der Waals surface area contributed by atoms with Gasteiger partial charge in [0.2, 0.25) is 0 Å². The molecular formula is C15H15BrN2S2. The Kier molecular flexibility index (Phi) is 4.51. The number of likely N-dealkylation sites (N-methyl/N-ethyl adjacent to an activating group) is 1. The van der Waals surface area contributed by atoms with Crippen LogP contribution in [0.3, 0.4) is 0 Å². The Morgan fingerprint density at radius 1 is 1.30 bits per heavy atom. The smallest absolute Gasteiger partial charge is 0.0809 e. The molecule has 0 aliphatic carbocycles. The molecule has 0 spiro atoms. The molecule has 2 nitrogen and oxygen atoms in total. The Hall–Kier alpha value is -0.750. The summed E-state index contributed by atoms with van der Waals surface area (Å²) < 4.78 is 2.46. The summed E-state index contributed by atoms with van der Waals surface area (Å²) in [5.41, 5.74) is 2.36. The van der Waals surface area contributed by atoms with E-state index in [1.807, 2.05) is 6.20 Å². The molecule has 104 valence electrons. The predicted molar refractivity (Wildman–Crippen MR) is 91.8 cm³/mol. The summed E-state index contributed by atoms with van der Waals surface area (Å²) in [6, 6.07) is 6.77. The molecule has 0 aliphatic heterocycles. The van der Waals surface area contributed by atoms with E-state index in [4.69, 9.17) is 0 Å². The lowest BCUT2D eigenvalue weighted by Gasteiger charge is -2.17. The quantitative estimate of drug-likeness (QED) is 0.685. The molecule has 0 radical (unpaired) electrons. The summed E-state index contributed by atoms with van der Waals surface area (Å²) in [6.45, 7) is 3.10. The molecule has 0 saturated heterocycles. The highest BCUT2D eigenvalue weighted by Crippen LogP contribution is 2.29. The van der Waals surface area contributed by atoms with Crippen molar-refractivity contribution in [1.29, 1.82) is 0 Å². The number of hydrogen-bond acceptors (Lipinski definition) is 4. The van der Waals surface area contributed by atoms with Crippen molar-refractivity contribution in [3.8, 4) is 0 Å². The van der Waals surface area contributed by atoms with E-state index < -0.39 is 0 Å². The van der Waals surface area contributed by atoms with Crippen molar-refractivity contribution in [1.82, 2.24) is 10.3 Å². The molecule has 0 saturated carbocycles. The largest absolute Gasteiger partial charge is 0.310 e. The number of aromatic nitrogens is 1. The van der Waals surface area contributed by atoms with E-state index in [1.165, 1.54) is 19.6 Å². The minimum Gasteiger partial charge on any atom is -0.310 e. The van der Waals surface area contributed by atoms with Gasteiger partial charge in [-0.1, -0.05) is 6.92 Å². The highest BCUT2D eigenvalue weighted by Gasteiger charge is 2.15. The van der Waals surface area contributed by atoms with Gasteiger partial charge >= 0.3 is 0 Å². The summed E-state index contributed by atoms with van der Waals surface area (Å²) in [5, 5.41) is 7.80. The van der Waals surface area contributed by atoms with Crippen LogP contribution in [0.25, 0.3) is 10.2 Å². The van der Waals surface area contributed by atoms with Crippen molar-refractivity contribution in [2.75, 3.05) is 6.54 Å². The fourth-order valence-electron chi connectivity index (χ4n) is 2.26. The van der Waals surface area contributed by atoms with Crippen molar-refractivity contribution >= 4 is 48.8 Å². The number of rotatable bonds is 5. The second kappa shape index (κ2) is 6.35. The molecule has 0 fully saturated rings. The average molecular weight is 367 g/mol. The standard InChI is InChI=1S/C15H15BrN2S2/c1-2-17-13(8-14-11(16)3-5-19-14)10-7-15-12(18-9-10)4-6-20-15/h3-7,9,13,17H,2,8H2,1H3. The first-order valence-electron chi connectivity index (χ1n) is 6.56. The molecule has 0 aliphatic rings. The van der Waals surface area contributed by atoms with Gasteiger partial charge in [-0.25, -0.2) is 0 Å². The first-order chi connectivity index (χ1) is 9.78. The molecule has 1 unspecified atom stereocenters. The van der Waals surface area contributed by atoms with Crippen LogP contribution in [0, 0.1) is 0 Å². The van der Waals surface area contributed by atoms with E-state index in [0.717, 1.165) is 18.5 Å². The van der Waals surface area contributed by atoms with Crippen LogP contribution in [-0.2, 0) is 6.42 Å². The van der Waals surface area contributed by atoms with E-state index in [1.54, 1.807) is 22.7 Å². The number of pyridine rings is 1. The van der Waals surface area contributed by atoms with Crippen LogP contribution in [-0.4, -0.2) is 11.5 Å². The maximum atomic E-state index is 4.56. The van der Waals surface area contributed by atoms with E-state index in [2.05, 4.69) is 62.1 Å². The SMILES string of the molecule is CCNC(Cc1sccc1Br)c1cnc2ccsc2c1. The van der Waals surface area contributed by atoms with Crippen LogP contribution < -0.4 is 5.32 Å². The van der Waals surface area contributed by atoms with Crippen molar-refractivity contribution in [2.24, 2.45) is 0 Å². The third-order valence-electron chi connectivity index (χ3n) is 3.26. The highest BCUT2D eigenvalue weighted by molar-refractivity contribution is 9.10. The van der Waals surface area contributed by atoms with Crippen molar-refractivity contribution in [3.63, 3.8) is 0 Å². The summed E-state index contributed by atoms with van der Waals surface area (Å²) >= 11 is 7.17. The average Bonchev–Trinajstić information content (AvgIpc) is 3.06. The van der Waals surface area contributed by atoms with Crippen LogP contribution in [0.5, 0.6) is 0 Å². The Bertz CT molecular complexity index is 705. The molecule has 0 amide bonds. The van der Waals surface area contributed by atoms with Crippen molar-refractivity contribution in [3.05, 3.63) is 50.1 Å². The monoisotopic (exact) mass is 366 g/mol. The van der Waals surface area contributed by atoms with E-state index in [9.17, 15) is 0 Å². The second-order valence-corrected chi connectivity index (χ2v) is 7.38. The lowest BCUT2D eigenvalue weighted by Crippen LogP contribution is -2.22. The Balaban J connectivity index is 1.90. The molecule has 0 bridgehead atoms. The number of fused-ring (bicyclic) bond motifs is 1. The normalized spacial score (nSPS) is 12.9. The van der Waals surface area contributed by atoms with Crippen LogP contribution in [0.2, 0.25) is 0 Å². The number of hydrogen-bond donors (Lipinski definition) is 1.